The third kappa shape index (κ3) is 2.53. The van der Waals surface area contributed by atoms with E-state index >= 15 is 0 Å². The second-order valence-corrected chi connectivity index (χ2v) is 5.46. The minimum Gasteiger partial charge on any atom is -0.496 e. The van der Waals surface area contributed by atoms with Gasteiger partial charge in [-0.15, -0.1) is 0 Å². The average Bonchev–Trinajstić information content (AvgIpc) is 2.86. The minimum atomic E-state index is 0.0868. The summed E-state index contributed by atoms with van der Waals surface area (Å²) >= 11 is 3.39. The molecule has 2 rings (SSSR count). The standard InChI is InChI=1S/C14H18BrNO2/c1-3-11-5-4-8-16(11)14(17)12-7-6-10(15)9-13(12)18-2/h6-7,9,11H,3-5,8H2,1-2H3. The summed E-state index contributed by atoms with van der Waals surface area (Å²) in [5, 5.41) is 0. The molecule has 1 heterocycles. The molecule has 4 heteroatoms. The lowest BCUT2D eigenvalue weighted by atomic mass is 10.1. The third-order valence-electron chi connectivity index (χ3n) is 3.50. The zero-order valence-corrected chi connectivity index (χ0v) is 12.4. The molecule has 0 N–H and O–H groups in total. The van der Waals surface area contributed by atoms with E-state index in [1.807, 2.05) is 23.1 Å². The number of likely N-dealkylation sites (tertiary alicyclic amines) is 1. The van der Waals surface area contributed by atoms with Gasteiger partial charge in [0.15, 0.2) is 0 Å². The molecule has 3 nitrogen and oxygen atoms in total. The largest absolute Gasteiger partial charge is 0.496 e. The van der Waals surface area contributed by atoms with Gasteiger partial charge in [0.05, 0.1) is 12.7 Å². The minimum absolute atomic E-state index is 0.0868. The Labute approximate surface area is 116 Å². The lowest BCUT2D eigenvalue weighted by Gasteiger charge is -2.24. The van der Waals surface area contributed by atoms with Crippen molar-refractivity contribution in [3.8, 4) is 5.75 Å². The summed E-state index contributed by atoms with van der Waals surface area (Å²) in [5.41, 5.74) is 0.654. The molecule has 1 unspecified atom stereocenters. The first kappa shape index (κ1) is 13.4. The predicted molar refractivity (Wildman–Crippen MR) is 75.0 cm³/mol. The highest BCUT2D eigenvalue weighted by Gasteiger charge is 2.29. The average molecular weight is 312 g/mol. The number of rotatable bonds is 3. The molecule has 1 saturated heterocycles. The van der Waals surface area contributed by atoms with Crippen LogP contribution in [0.1, 0.15) is 36.5 Å². The fourth-order valence-corrected chi connectivity index (χ4v) is 2.86. The molecule has 1 amide bonds. The molecule has 18 heavy (non-hydrogen) atoms. The van der Waals surface area contributed by atoms with Crippen LogP contribution in [0.3, 0.4) is 0 Å². The number of ether oxygens (including phenoxy) is 1. The number of carbonyl (C=O) groups is 1. The molecule has 1 atom stereocenters. The lowest BCUT2D eigenvalue weighted by molar-refractivity contribution is 0.0730. The van der Waals surface area contributed by atoms with Crippen LogP contribution in [0.5, 0.6) is 5.75 Å². The van der Waals surface area contributed by atoms with E-state index in [4.69, 9.17) is 4.74 Å². The number of nitrogens with zero attached hydrogens (tertiary/aromatic N) is 1. The molecule has 98 valence electrons. The number of methoxy groups -OCH3 is 1. The van der Waals surface area contributed by atoms with E-state index in [0.717, 1.165) is 30.3 Å². The first-order chi connectivity index (χ1) is 8.67. The second-order valence-electron chi connectivity index (χ2n) is 4.55. The summed E-state index contributed by atoms with van der Waals surface area (Å²) in [5.74, 6) is 0.722. The van der Waals surface area contributed by atoms with Crippen LogP contribution in [0.4, 0.5) is 0 Å². The van der Waals surface area contributed by atoms with Crippen molar-refractivity contribution in [1.82, 2.24) is 4.90 Å². The van der Waals surface area contributed by atoms with Crippen molar-refractivity contribution >= 4 is 21.8 Å². The summed E-state index contributed by atoms with van der Waals surface area (Å²) in [6.07, 6.45) is 3.23. The van der Waals surface area contributed by atoms with E-state index in [9.17, 15) is 4.79 Å². The maximum atomic E-state index is 12.5. The van der Waals surface area contributed by atoms with Crippen LogP contribution >= 0.6 is 15.9 Å². The van der Waals surface area contributed by atoms with Crippen molar-refractivity contribution in [3.63, 3.8) is 0 Å². The smallest absolute Gasteiger partial charge is 0.257 e. The molecule has 1 aromatic carbocycles. The molecule has 1 aliphatic heterocycles. The van der Waals surface area contributed by atoms with Crippen LogP contribution in [-0.2, 0) is 0 Å². The summed E-state index contributed by atoms with van der Waals surface area (Å²) in [6.45, 7) is 2.99. The van der Waals surface area contributed by atoms with Gasteiger partial charge in [-0.2, -0.15) is 0 Å². The first-order valence-corrected chi connectivity index (χ1v) is 7.11. The van der Waals surface area contributed by atoms with Gasteiger partial charge in [0, 0.05) is 17.1 Å². The van der Waals surface area contributed by atoms with Crippen LogP contribution in [0.25, 0.3) is 0 Å². The van der Waals surface area contributed by atoms with Gasteiger partial charge in [0.25, 0.3) is 5.91 Å². The highest BCUT2D eigenvalue weighted by Crippen LogP contribution is 2.28. The molecule has 0 aliphatic carbocycles. The van der Waals surface area contributed by atoms with Crippen molar-refractivity contribution in [2.45, 2.75) is 32.2 Å². The van der Waals surface area contributed by atoms with Crippen LogP contribution in [0.15, 0.2) is 22.7 Å². The number of amides is 1. The summed E-state index contributed by atoms with van der Waals surface area (Å²) < 4.78 is 6.22. The zero-order valence-electron chi connectivity index (χ0n) is 10.8. The van der Waals surface area contributed by atoms with Gasteiger partial charge in [-0.05, 0) is 37.5 Å². The Hall–Kier alpha value is -1.03. The van der Waals surface area contributed by atoms with Gasteiger partial charge in [-0.3, -0.25) is 4.79 Å². The molecule has 1 aliphatic rings. The third-order valence-corrected chi connectivity index (χ3v) is 4.00. The Morgan fingerprint density at radius 1 is 1.56 bits per heavy atom. The Morgan fingerprint density at radius 2 is 2.33 bits per heavy atom. The van der Waals surface area contributed by atoms with E-state index in [1.54, 1.807) is 7.11 Å². The Balaban J connectivity index is 2.28. The Morgan fingerprint density at radius 3 is 3.00 bits per heavy atom. The normalized spacial score (nSPS) is 19.1. The van der Waals surface area contributed by atoms with Gasteiger partial charge in [0.2, 0.25) is 0 Å². The number of benzene rings is 1. The monoisotopic (exact) mass is 311 g/mol. The molecular formula is C14H18BrNO2. The van der Waals surface area contributed by atoms with Crippen LogP contribution in [-0.4, -0.2) is 30.5 Å². The van der Waals surface area contributed by atoms with Gasteiger partial charge in [-0.25, -0.2) is 0 Å². The summed E-state index contributed by atoms with van der Waals surface area (Å²) in [6, 6.07) is 5.93. The second kappa shape index (κ2) is 5.74. The quantitative estimate of drug-likeness (QED) is 0.855. The van der Waals surface area contributed by atoms with Gasteiger partial charge >= 0.3 is 0 Å². The van der Waals surface area contributed by atoms with E-state index in [-0.39, 0.29) is 5.91 Å². The highest BCUT2D eigenvalue weighted by atomic mass is 79.9. The van der Waals surface area contributed by atoms with Crippen molar-refractivity contribution in [2.75, 3.05) is 13.7 Å². The van der Waals surface area contributed by atoms with Crippen LogP contribution < -0.4 is 4.74 Å². The highest BCUT2D eigenvalue weighted by molar-refractivity contribution is 9.10. The molecule has 0 saturated carbocycles. The van der Waals surface area contributed by atoms with Crippen molar-refractivity contribution < 1.29 is 9.53 Å². The summed E-state index contributed by atoms with van der Waals surface area (Å²) in [7, 11) is 1.60. The molecule has 0 radical (unpaired) electrons. The molecule has 0 spiro atoms. The maximum Gasteiger partial charge on any atom is 0.257 e. The number of halogens is 1. The van der Waals surface area contributed by atoms with Gasteiger partial charge in [-0.1, -0.05) is 22.9 Å². The molecule has 0 bridgehead atoms. The van der Waals surface area contributed by atoms with Crippen LogP contribution in [0.2, 0.25) is 0 Å². The Bertz CT molecular complexity index is 447. The summed E-state index contributed by atoms with van der Waals surface area (Å²) in [4.78, 5) is 14.5. The van der Waals surface area contributed by atoms with Crippen molar-refractivity contribution in [2.24, 2.45) is 0 Å². The molecular weight excluding hydrogens is 294 g/mol. The lowest BCUT2D eigenvalue weighted by Crippen LogP contribution is -2.35. The Kier molecular flexibility index (Phi) is 4.27. The van der Waals surface area contributed by atoms with Crippen LogP contribution in [0, 0.1) is 0 Å². The van der Waals surface area contributed by atoms with Crippen molar-refractivity contribution in [1.29, 1.82) is 0 Å². The zero-order chi connectivity index (χ0) is 13.1. The molecule has 1 fully saturated rings. The molecule has 0 aromatic heterocycles. The number of carbonyl (C=O) groups excluding carboxylic acids is 1. The number of hydrogen-bond donors (Lipinski definition) is 0. The maximum absolute atomic E-state index is 12.5. The van der Waals surface area contributed by atoms with Crippen molar-refractivity contribution in [3.05, 3.63) is 28.2 Å². The van der Waals surface area contributed by atoms with E-state index in [0.29, 0.717) is 17.4 Å². The number of hydrogen-bond acceptors (Lipinski definition) is 2. The van der Waals surface area contributed by atoms with Gasteiger partial charge < -0.3 is 9.64 Å². The molecule has 1 aromatic rings. The van der Waals surface area contributed by atoms with E-state index in [1.165, 1.54) is 0 Å². The fraction of sp³-hybridized carbons (Fsp3) is 0.500. The first-order valence-electron chi connectivity index (χ1n) is 6.32. The van der Waals surface area contributed by atoms with E-state index in [2.05, 4.69) is 22.9 Å². The SMILES string of the molecule is CCC1CCCN1C(=O)c1ccc(Br)cc1OC. The predicted octanol–water partition coefficient (Wildman–Crippen LogP) is 3.47. The van der Waals surface area contributed by atoms with E-state index < -0.39 is 0 Å². The fourth-order valence-electron chi connectivity index (χ4n) is 2.52. The topological polar surface area (TPSA) is 29.5 Å². The van der Waals surface area contributed by atoms with Gasteiger partial charge in [0.1, 0.15) is 5.75 Å².